The number of nitrogens with zero attached hydrogens (tertiary/aromatic N) is 4. The van der Waals surface area contributed by atoms with Crippen LogP contribution in [-0.4, -0.2) is 44.2 Å². The number of ketones is 2. The third kappa shape index (κ3) is 14.5. The Morgan fingerprint density at radius 1 is 0.560 bits per heavy atom. The van der Waals surface area contributed by atoms with Crippen LogP contribution in [0.4, 0.5) is 0 Å². The summed E-state index contributed by atoms with van der Waals surface area (Å²) in [4.78, 5) is 27.0. The van der Waals surface area contributed by atoms with Crippen molar-refractivity contribution in [3.8, 4) is 11.4 Å². The molecule has 2 unspecified atom stereocenters. The standard InChI is InChI=1S/C31H31Cl2N3O.C30H30Cl2N4O.ClH/c1-3-21-6-5-9-26(16-21)36-29(14-20(2)35-36)30(37)17-23-7-4-8-24(15-23)31(34-19-22-10-11-22)27-13-12-25(32)18-28(27)33;1-19-12-28(36(35-19)25-7-3-5-22(14-25)17-33)29(37)15-21-4-2-6-23(13-21)30(34-18-20-8-9-20)26-11-10-24(31)16-27(26)32;/h4-9,12-16,18,22,31,34H,3,10-11,17,19H2,1-2H3;2-7,10-14,16,20,30,34H,8-9,15,17-18,33H2,1H3;1H. The number of benzene rings is 6. The zero-order valence-corrected chi connectivity index (χ0v) is 46.2. The van der Waals surface area contributed by atoms with Gasteiger partial charge in [0.2, 0.25) is 0 Å². The van der Waals surface area contributed by atoms with Crippen molar-refractivity contribution in [2.75, 3.05) is 13.1 Å². The Morgan fingerprint density at radius 2 is 0.973 bits per heavy atom. The van der Waals surface area contributed by atoms with Crippen LogP contribution in [0.25, 0.3) is 11.4 Å². The highest BCUT2D eigenvalue weighted by atomic mass is 35.5. The first-order valence-corrected chi connectivity index (χ1v) is 27.0. The molecule has 2 aliphatic carbocycles. The molecule has 2 heterocycles. The zero-order valence-electron chi connectivity index (χ0n) is 42.3. The van der Waals surface area contributed by atoms with Crippen LogP contribution >= 0.6 is 58.8 Å². The highest BCUT2D eigenvalue weighted by Crippen LogP contribution is 2.36. The number of nitrogens with one attached hydrogen (secondary N) is 2. The van der Waals surface area contributed by atoms with Crippen molar-refractivity contribution in [1.82, 2.24) is 30.2 Å². The molecule has 10 rings (SSSR count). The third-order valence-electron chi connectivity index (χ3n) is 13.6. The van der Waals surface area contributed by atoms with Gasteiger partial charge >= 0.3 is 0 Å². The maximum Gasteiger partial charge on any atom is 0.185 e. The average molecular weight is 1100 g/mol. The minimum absolute atomic E-state index is 0. The van der Waals surface area contributed by atoms with E-state index >= 15 is 0 Å². The molecule has 2 saturated carbocycles. The van der Waals surface area contributed by atoms with E-state index in [9.17, 15) is 9.59 Å². The van der Waals surface area contributed by atoms with E-state index in [0.717, 1.165) is 81.2 Å². The number of aryl methyl sites for hydroxylation is 3. The molecule has 4 N–H and O–H groups in total. The smallest absolute Gasteiger partial charge is 0.185 e. The van der Waals surface area contributed by atoms with Gasteiger partial charge in [0.25, 0.3) is 0 Å². The summed E-state index contributed by atoms with van der Waals surface area (Å²) in [5, 5.41) is 19.1. The lowest BCUT2D eigenvalue weighted by molar-refractivity contribution is 0.0977. The summed E-state index contributed by atoms with van der Waals surface area (Å²) in [5.41, 5.74) is 18.5. The highest BCUT2D eigenvalue weighted by Gasteiger charge is 2.27. The molecule has 388 valence electrons. The Balaban J connectivity index is 0.000000197. The molecule has 6 aromatic carbocycles. The molecule has 0 saturated heterocycles. The van der Waals surface area contributed by atoms with E-state index in [-0.39, 0.29) is 48.9 Å². The lowest BCUT2D eigenvalue weighted by atomic mass is 9.95. The van der Waals surface area contributed by atoms with Gasteiger partial charge in [-0.25, -0.2) is 9.36 Å². The maximum atomic E-state index is 13.5. The molecular weight excluding hydrogens is 1040 g/mol. The fourth-order valence-electron chi connectivity index (χ4n) is 9.33. The van der Waals surface area contributed by atoms with E-state index in [0.29, 0.717) is 49.9 Å². The van der Waals surface area contributed by atoms with Gasteiger partial charge in [0.05, 0.1) is 34.8 Å². The van der Waals surface area contributed by atoms with Crippen LogP contribution in [0.2, 0.25) is 20.1 Å². The summed E-state index contributed by atoms with van der Waals surface area (Å²) >= 11 is 25.6. The summed E-state index contributed by atoms with van der Waals surface area (Å²) in [5.74, 6) is 1.46. The molecule has 0 amide bonds. The van der Waals surface area contributed by atoms with Gasteiger partial charge in [-0.1, -0.05) is 138 Å². The number of halogens is 5. The van der Waals surface area contributed by atoms with Crippen molar-refractivity contribution in [3.05, 3.63) is 233 Å². The molecule has 75 heavy (non-hydrogen) atoms. The molecule has 0 aliphatic heterocycles. The van der Waals surface area contributed by atoms with Crippen LogP contribution in [0.1, 0.15) is 122 Å². The van der Waals surface area contributed by atoms with Crippen LogP contribution in [0.5, 0.6) is 0 Å². The van der Waals surface area contributed by atoms with Crippen molar-refractivity contribution >= 4 is 70.4 Å². The number of hydrogen-bond donors (Lipinski definition) is 3. The SMILES string of the molecule is CCc1cccc(-n2nc(C)cc2C(=O)Cc2cccc(C(NCC3CC3)c3ccc(Cl)cc3Cl)c2)c1.Cc1cc(C(=O)Cc2cccc(C(NCC3CC3)c3ccc(Cl)cc3Cl)c2)n(-c2cccc(CN)c2)n1.Cl. The predicted octanol–water partition coefficient (Wildman–Crippen LogP) is 14.4. The van der Waals surface area contributed by atoms with E-state index in [1.807, 2.05) is 111 Å². The number of nitrogens with two attached hydrogens (primary N) is 1. The molecule has 0 spiro atoms. The first-order chi connectivity index (χ1) is 35.8. The van der Waals surface area contributed by atoms with Crippen molar-refractivity contribution in [2.45, 2.75) is 84.3 Å². The molecule has 14 heteroatoms. The predicted molar refractivity (Wildman–Crippen MR) is 308 cm³/mol. The Bertz CT molecular complexity index is 3070. The van der Waals surface area contributed by atoms with Gasteiger partial charge in [0.1, 0.15) is 11.4 Å². The number of carbonyl (C=O) groups is 2. The normalized spacial score (nSPS) is 13.9. The number of carbonyl (C=O) groups excluding carboxylic acids is 2. The van der Waals surface area contributed by atoms with E-state index in [1.165, 1.54) is 31.2 Å². The minimum Gasteiger partial charge on any atom is -0.326 e. The topological polar surface area (TPSA) is 120 Å². The van der Waals surface area contributed by atoms with Gasteiger partial charge in [0.15, 0.2) is 11.6 Å². The number of Topliss-reactive ketones (excluding diaryl/α,β-unsaturated/α-hetero) is 2. The van der Waals surface area contributed by atoms with Crippen molar-refractivity contribution in [1.29, 1.82) is 0 Å². The summed E-state index contributed by atoms with van der Waals surface area (Å²) in [6, 6.07) is 47.2. The maximum absolute atomic E-state index is 13.5. The Morgan fingerprint density at radius 3 is 1.39 bits per heavy atom. The second-order valence-electron chi connectivity index (χ2n) is 19.7. The number of hydrogen-bond acceptors (Lipinski definition) is 7. The first kappa shape index (κ1) is 55.6. The Labute approximate surface area is 466 Å². The fourth-order valence-corrected chi connectivity index (χ4v) is 10.4. The Hall–Kier alpha value is -5.59. The number of rotatable bonds is 20. The van der Waals surface area contributed by atoms with Gasteiger partial charge in [-0.05, 0) is 176 Å². The monoisotopic (exact) mass is 1100 g/mol. The second-order valence-corrected chi connectivity index (χ2v) is 21.3. The summed E-state index contributed by atoms with van der Waals surface area (Å²) in [7, 11) is 0. The van der Waals surface area contributed by atoms with Crippen molar-refractivity contribution in [2.24, 2.45) is 17.6 Å². The van der Waals surface area contributed by atoms with Crippen molar-refractivity contribution in [3.63, 3.8) is 0 Å². The first-order valence-electron chi connectivity index (χ1n) is 25.4. The summed E-state index contributed by atoms with van der Waals surface area (Å²) in [6.07, 6.45) is 6.51. The van der Waals surface area contributed by atoms with E-state index in [2.05, 4.69) is 64.2 Å². The summed E-state index contributed by atoms with van der Waals surface area (Å²) < 4.78 is 3.49. The van der Waals surface area contributed by atoms with Crippen LogP contribution in [0.15, 0.2) is 146 Å². The van der Waals surface area contributed by atoms with Gasteiger partial charge in [-0.2, -0.15) is 10.2 Å². The molecule has 2 atom stereocenters. The molecule has 0 radical (unpaired) electrons. The second kappa shape index (κ2) is 25.5. The van der Waals surface area contributed by atoms with Gasteiger partial charge in [-0.3, -0.25) is 9.59 Å². The van der Waals surface area contributed by atoms with E-state index in [1.54, 1.807) is 21.5 Å². The summed E-state index contributed by atoms with van der Waals surface area (Å²) in [6.45, 7) is 8.22. The molecule has 8 aromatic rings. The lowest BCUT2D eigenvalue weighted by Crippen LogP contribution is -2.25. The van der Waals surface area contributed by atoms with Crippen LogP contribution in [-0.2, 0) is 25.8 Å². The quantitative estimate of drug-likeness (QED) is 0.0650. The minimum atomic E-state index is -0.0906. The van der Waals surface area contributed by atoms with Gasteiger partial charge in [-0.15, -0.1) is 12.4 Å². The average Bonchev–Trinajstić information content (AvgIpc) is 4.33. The van der Waals surface area contributed by atoms with Crippen LogP contribution in [0.3, 0.4) is 0 Å². The molecule has 2 aliphatic rings. The van der Waals surface area contributed by atoms with Gasteiger partial charge < -0.3 is 16.4 Å². The number of aromatic nitrogens is 4. The third-order valence-corrected chi connectivity index (χ3v) is 14.8. The largest absolute Gasteiger partial charge is 0.326 e. The molecule has 9 nitrogen and oxygen atoms in total. The highest BCUT2D eigenvalue weighted by molar-refractivity contribution is 6.35. The van der Waals surface area contributed by atoms with Crippen LogP contribution < -0.4 is 16.4 Å². The molecular formula is C61H62Cl5N7O2. The van der Waals surface area contributed by atoms with E-state index < -0.39 is 0 Å². The molecule has 2 fully saturated rings. The van der Waals surface area contributed by atoms with Gasteiger partial charge in [0, 0.05) is 39.5 Å². The molecule has 2 aromatic heterocycles. The lowest BCUT2D eigenvalue weighted by Gasteiger charge is -2.22. The Kier molecular flexibility index (Phi) is 18.9. The van der Waals surface area contributed by atoms with Crippen molar-refractivity contribution < 1.29 is 9.59 Å². The molecule has 0 bridgehead atoms. The fraction of sp³-hybridized carbons (Fsp3) is 0.279. The van der Waals surface area contributed by atoms with E-state index in [4.69, 9.17) is 52.1 Å². The van der Waals surface area contributed by atoms with Crippen LogP contribution in [0, 0.1) is 25.7 Å². The zero-order chi connectivity index (χ0) is 51.9.